The highest BCUT2D eigenvalue weighted by molar-refractivity contribution is 5.92. The van der Waals surface area contributed by atoms with E-state index in [9.17, 15) is 4.79 Å². The van der Waals surface area contributed by atoms with Crippen LogP contribution in [0.5, 0.6) is 0 Å². The van der Waals surface area contributed by atoms with Gasteiger partial charge in [-0.05, 0) is 25.7 Å². The lowest BCUT2D eigenvalue weighted by atomic mass is 9.88. The predicted octanol–water partition coefficient (Wildman–Crippen LogP) is 1.57. The van der Waals surface area contributed by atoms with Crippen LogP contribution in [0.25, 0.3) is 0 Å². The summed E-state index contributed by atoms with van der Waals surface area (Å²) in [6.45, 7) is 5.25. The molecule has 2 atom stereocenters. The lowest BCUT2D eigenvalue weighted by molar-refractivity contribution is 0.0526. The zero-order chi connectivity index (χ0) is 13.1. The molecule has 1 aliphatic rings. The van der Waals surface area contributed by atoms with Gasteiger partial charge in [-0.3, -0.25) is 4.79 Å². The van der Waals surface area contributed by atoms with E-state index in [2.05, 4.69) is 11.9 Å². The molecule has 1 aromatic heterocycles. The third-order valence-corrected chi connectivity index (χ3v) is 3.87. The molecular formula is C13H21N3O2. The molecule has 18 heavy (non-hydrogen) atoms. The van der Waals surface area contributed by atoms with Gasteiger partial charge in [0.1, 0.15) is 0 Å². The maximum absolute atomic E-state index is 12.4. The largest absolute Gasteiger partial charge is 0.438 e. The van der Waals surface area contributed by atoms with E-state index in [1.54, 1.807) is 6.92 Å². The van der Waals surface area contributed by atoms with Gasteiger partial charge in [0.15, 0.2) is 6.39 Å². The van der Waals surface area contributed by atoms with E-state index >= 15 is 0 Å². The monoisotopic (exact) mass is 251 g/mol. The Morgan fingerprint density at radius 2 is 2.44 bits per heavy atom. The molecule has 0 aliphatic carbocycles. The fraction of sp³-hybridized carbons (Fsp3) is 0.692. The Kier molecular flexibility index (Phi) is 4.01. The Labute approximate surface area is 107 Å². The summed E-state index contributed by atoms with van der Waals surface area (Å²) in [6.07, 6.45) is 4.51. The van der Waals surface area contributed by atoms with Crippen LogP contribution in [0.3, 0.4) is 0 Å². The number of likely N-dealkylation sites (tertiary alicyclic amines) is 1. The second-order valence-corrected chi connectivity index (χ2v) is 4.95. The van der Waals surface area contributed by atoms with Crippen molar-refractivity contribution in [2.45, 2.75) is 39.2 Å². The van der Waals surface area contributed by atoms with Crippen molar-refractivity contribution in [3.63, 3.8) is 0 Å². The SMILES string of the molecule is CCC1CCN(C(=O)c2ocnc2C)C(CN)C1. The molecule has 0 radical (unpaired) electrons. The predicted molar refractivity (Wildman–Crippen MR) is 68.1 cm³/mol. The van der Waals surface area contributed by atoms with E-state index in [0.29, 0.717) is 23.9 Å². The van der Waals surface area contributed by atoms with Gasteiger partial charge in [0.2, 0.25) is 5.76 Å². The number of carbonyl (C=O) groups excluding carboxylic acids is 1. The summed E-state index contributed by atoms with van der Waals surface area (Å²) in [5.74, 6) is 0.955. The Morgan fingerprint density at radius 1 is 1.67 bits per heavy atom. The maximum atomic E-state index is 12.4. The number of rotatable bonds is 3. The Balaban J connectivity index is 2.13. The van der Waals surface area contributed by atoms with Gasteiger partial charge in [-0.2, -0.15) is 0 Å². The second-order valence-electron chi connectivity index (χ2n) is 4.95. The van der Waals surface area contributed by atoms with Crippen LogP contribution in [0.1, 0.15) is 42.4 Å². The standard InChI is InChI=1S/C13H21N3O2/c1-3-10-4-5-16(11(6-10)7-14)13(17)12-9(2)15-8-18-12/h8,10-11H,3-7,14H2,1-2H3. The summed E-state index contributed by atoms with van der Waals surface area (Å²) in [7, 11) is 0. The molecule has 1 aromatic rings. The molecule has 2 N–H and O–H groups in total. The third-order valence-electron chi connectivity index (χ3n) is 3.87. The zero-order valence-electron chi connectivity index (χ0n) is 11.1. The molecule has 0 aromatic carbocycles. The number of piperidine rings is 1. The van der Waals surface area contributed by atoms with Crippen LogP contribution >= 0.6 is 0 Å². The minimum absolute atomic E-state index is 0.0741. The number of amides is 1. The quantitative estimate of drug-likeness (QED) is 0.885. The van der Waals surface area contributed by atoms with Crippen molar-refractivity contribution < 1.29 is 9.21 Å². The van der Waals surface area contributed by atoms with Gasteiger partial charge < -0.3 is 15.1 Å². The Morgan fingerprint density at radius 3 is 3.00 bits per heavy atom. The Bertz CT molecular complexity index is 416. The molecular weight excluding hydrogens is 230 g/mol. The first-order chi connectivity index (χ1) is 8.67. The first kappa shape index (κ1) is 13.1. The highest BCUT2D eigenvalue weighted by atomic mass is 16.3. The minimum atomic E-state index is -0.0741. The van der Waals surface area contributed by atoms with Gasteiger partial charge >= 0.3 is 0 Å². The average Bonchev–Trinajstić information content (AvgIpc) is 2.83. The lowest BCUT2D eigenvalue weighted by Crippen LogP contribution is -2.49. The lowest BCUT2D eigenvalue weighted by Gasteiger charge is -2.38. The fourth-order valence-corrected chi connectivity index (χ4v) is 2.63. The molecule has 2 unspecified atom stereocenters. The van der Waals surface area contributed by atoms with Crippen LogP contribution in [0.4, 0.5) is 0 Å². The van der Waals surface area contributed by atoms with Gasteiger partial charge in [-0.25, -0.2) is 4.98 Å². The van der Waals surface area contributed by atoms with Crippen molar-refractivity contribution in [2.24, 2.45) is 11.7 Å². The maximum Gasteiger partial charge on any atom is 0.291 e. The molecule has 0 saturated carbocycles. The van der Waals surface area contributed by atoms with Gasteiger partial charge in [-0.1, -0.05) is 13.3 Å². The molecule has 0 bridgehead atoms. The summed E-state index contributed by atoms with van der Waals surface area (Å²) in [5.41, 5.74) is 6.45. The van der Waals surface area contributed by atoms with Crippen molar-refractivity contribution in [3.05, 3.63) is 17.8 Å². The van der Waals surface area contributed by atoms with Crippen molar-refractivity contribution in [3.8, 4) is 0 Å². The minimum Gasteiger partial charge on any atom is -0.438 e. The molecule has 1 saturated heterocycles. The van der Waals surface area contributed by atoms with Crippen LogP contribution in [0.15, 0.2) is 10.8 Å². The van der Waals surface area contributed by atoms with Gasteiger partial charge in [-0.15, -0.1) is 0 Å². The number of hydrogen-bond acceptors (Lipinski definition) is 4. The van der Waals surface area contributed by atoms with Gasteiger partial charge in [0.05, 0.1) is 5.69 Å². The number of aryl methyl sites for hydroxylation is 1. The highest BCUT2D eigenvalue weighted by Gasteiger charge is 2.32. The van der Waals surface area contributed by atoms with E-state index in [4.69, 9.17) is 10.2 Å². The van der Waals surface area contributed by atoms with E-state index in [-0.39, 0.29) is 11.9 Å². The van der Waals surface area contributed by atoms with Crippen LogP contribution in [0.2, 0.25) is 0 Å². The van der Waals surface area contributed by atoms with E-state index < -0.39 is 0 Å². The van der Waals surface area contributed by atoms with Crippen molar-refractivity contribution in [1.82, 2.24) is 9.88 Å². The number of carbonyl (C=O) groups is 1. The highest BCUT2D eigenvalue weighted by Crippen LogP contribution is 2.26. The molecule has 2 rings (SSSR count). The van der Waals surface area contributed by atoms with Gasteiger partial charge in [0, 0.05) is 19.1 Å². The van der Waals surface area contributed by atoms with Crippen LogP contribution in [-0.2, 0) is 0 Å². The first-order valence-electron chi connectivity index (χ1n) is 6.58. The number of oxazole rings is 1. The van der Waals surface area contributed by atoms with Crippen molar-refractivity contribution in [2.75, 3.05) is 13.1 Å². The summed E-state index contributed by atoms with van der Waals surface area (Å²) in [4.78, 5) is 18.2. The second kappa shape index (κ2) is 5.52. The molecule has 0 spiro atoms. The number of nitrogens with two attached hydrogens (primary N) is 1. The molecule has 2 heterocycles. The molecule has 100 valence electrons. The normalized spacial score (nSPS) is 24.3. The smallest absolute Gasteiger partial charge is 0.291 e. The molecule has 1 aliphatic heterocycles. The zero-order valence-corrected chi connectivity index (χ0v) is 11.1. The Hall–Kier alpha value is -1.36. The molecule has 5 nitrogen and oxygen atoms in total. The van der Waals surface area contributed by atoms with Crippen LogP contribution in [-0.4, -0.2) is 34.9 Å². The average molecular weight is 251 g/mol. The van der Waals surface area contributed by atoms with Crippen LogP contribution < -0.4 is 5.73 Å². The number of hydrogen-bond donors (Lipinski definition) is 1. The van der Waals surface area contributed by atoms with Gasteiger partial charge in [0.25, 0.3) is 5.91 Å². The number of aromatic nitrogens is 1. The van der Waals surface area contributed by atoms with Crippen molar-refractivity contribution >= 4 is 5.91 Å². The van der Waals surface area contributed by atoms with Crippen molar-refractivity contribution in [1.29, 1.82) is 0 Å². The third kappa shape index (κ3) is 2.41. The summed E-state index contributed by atoms with van der Waals surface area (Å²) in [6, 6.07) is 0.126. The molecule has 5 heteroatoms. The van der Waals surface area contributed by atoms with E-state index in [1.165, 1.54) is 6.39 Å². The summed E-state index contributed by atoms with van der Waals surface area (Å²) >= 11 is 0. The van der Waals surface area contributed by atoms with E-state index in [0.717, 1.165) is 25.8 Å². The number of nitrogens with zero attached hydrogens (tertiary/aromatic N) is 2. The fourth-order valence-electron chi connectivity index (χ4n) is 2.63. The molecule has 1 fully saturated rings. The van der Waals surface area contributed by atoms with E-state index in [1.807, 2.05) is 4.90 Å². The summed E-state index contributed by atoms with van der Waals surface area (Å²) < 4.78 is 5.18. The summed E-state index contributed by atoms with van der Waals surface area (Å²) in [5, 5.41) is 0. The topological polar surface area (TPSA) is 72.4 Å². The molecule has 1 amide bonds. The first-order valence-corrected chi connectivity index (χ1v) is 6.58. The van der Waals surface area contributed by atoms with Crippen LogP contribution in [0, 0.1) is 12.8 Å².